The van der Waals surface area contributed by atoms with Crippen molar-refractivity contribution < 1.29 is 9.53 Å². The van der Waals surface area contributed by atoms with Crippen LogP contribution in [0.1, 0.15) is 24.1 Å². The summed E-state index contributed by atoms with van der Waals surface area (Å²) < 4.78 is 5.25. The van der Waals surface area contributed by atoms with Crippen molar-refractivity contribution in [2.45, 2.75) is 19.3 Å². The number of nitrogens with one attached hydrogen (secondary N) is 1. The number of fused-ring (bicyclic) bond motifs is 1. The first-order valence-electron chi connectivity index (χ1n) is 8.42. The summed E-state index contributed by atoms with van der Waals surface area (Å²) in [6.07, 6.45) is 2.50. The maximum absolute atomic E-state index is 12.4. The number of benzene rings is 2. The van der Waals surface area contributed by atoms with Crippen LogP contribution >= 0.6 is 0 Å². The number of ether oxygens (including phenoxy) is 1. The summed E-state index contributed by atoms with van der Waals surface area (Å²) in [5.74, 6) is 0.666. The molecule has 1 aromatic heterocycles. The van der Waals surface area contributed by atoms with E-state index in [4.69, 9.17) is 4.74 Å². The molecule has 1 amide bonds. The molecule has 2 aromatic carbocycles. The predicted octanol–water partition coefficient (Wildman–Crippen LogP) is 3.71. The van der Waals surface area contributed by atoms with Gasteiger partial charge >= 0.3 is 0 Å². The molecule has 3 aromatic rings. The molecule has 4 nitrogen and oxygen atoms in total. The van der Waals surface area contributed by atoms with Gasteiger partial charge in [-0.25, -0.2) is 0 Å². The lowest BCUT2D eigenvalue weighted by atomic mass is 9.97. The quantitative estimate of drug-likeness (QED) is 0.748. The van der Waals surface area contributed by atoms with Crippen LogP contribution in [0.5, 0.6) is 5.75 Å². The highest BCUT2D eigenvalue weighted by Gasteiger charge is 2.15. The van der Waals surface area contributed by atoms with Crippen LogP contribution in [0, 0.1) is 0 Å². The molecule has 1 atom stereocenters. The van der Waals surface area contributed by atoms with Crippen molar-refractivity contribution in [3.63, 3.8) is 0 Å². The number of amides is 1. The monoisotopic (exact) mass is 334 g/mol. The Labute approximate surface area is 147 Å². The minimum atomic E-state index is -0.199. The van der Waals surface area contributed by atoms with Crippen LogP contribution in [0.3, 0.4) is 0 Å². The van der Waals surface area contributed by atoms with Crippen LogP contribution in [0.15, 0.2) is 60.8 Å². The van der Waals surface area contributed by atoms with E-state index in [1.807, 2.05) is 55.5 Å². The Balaban J connectivity index is 1.64. The maximum Gasteiger partial charge on any atom is 0.227 e. The molecule has 3 rings (SSSR count). The lowest BCUT2D eigenvalue weighted by Gasteiger charge is -2.13. The Morgan fingerprint density at radius 2 is 1.92 bits per heavy atom. The molecule has 0 fully saturated rings. The van der Waals surface area contributed by atoms with Crippen LogP contribution in [-0.4, -0.2) is 24.5 Å². The van der Waals surface area contributed by atoms with Gasteiger partial charge in [-0.3, -0.25) is 9.78 Å². The Morgan fingerprint density at radius 3 is 2.68 bits per heavy atom. The van der Waals surface area contributed by atoms with E-state index >= 15 is 0 Å². The molecule has 0 aliphatic heterocycles. The normalized spacial score (nSPS) is 11.9. The first-order valence-corrected chi connectivity index (χ1v) is 8.42. The summed E-state index contributed by atoms with van der Waals surface area (Å²) >= 11 is 0. The molecular weight excluding hydrogens is 312 g/mol. The first-order chi connectivity index (χ1) is 12.2. The van der Waals surface area contributed by atoms with Crippen molar-refractivity contribution in [1.29, 1.82) is 0 Å². The van der Waals surface area contributed by atoms with Gasteiger partial charge in [0.1, 0.15) is 5.75 Å². The number of pyridine rings is 1. The number of aromatic nitrogens is 1. The highest BCUT2D eigenvalue weighted by Crippen LogP contribution is 2.25. The molecule has 0 bridgehead atoms. The predicted molar refractivity (Wildman–Crippen MR) is 99.9 cm³/mol. The third kappa shape index (κ3) is 4.15. The smallest absolute Gasteiger partial charge is 0.227 e. The molecule has 0 saturated carbocycles. The molecule has 0 saturated heterocycles. The lowest BCUT2D eigenvalue weighted by Crippen LogP contribution is -2.29. The van der Waals surface area contributed by atoms with Gasteiger partial charge in [-0.2, -0.15) is 0 Å². The summed E-state index contributed by atoms with van der Waals surface area (Å²) in [4.78, 5) is 16.7. The third-order valence-electron chi connectivity index (χ3n) is 4.37. The molecule has 4 heteroatoms. The SMILES string of the molecule is COc1ccc2cc(C(C)C(=O)NCCc3ccccn3)ccc2c1. The lowest BCUT2D eigenvalue weighted by molar-refractivity contribution is -0.122. The first kappa shape index (κ1) is 17.0. The second-order valence-electron chi connectivity index (χ2n) is 6.06. The molecule has 25 heavy (non-hydrogen) atoms. The van der Waals surface area contributed by atoms with Gasteiger partial charge in [0.2, 0.25) is 5.91 Å². The third-order valence-corrected chi connectivity index (χ3v) is 4.37. The molecule has 0 spiro atoms. The fourth-order valence-electron chi connectivity index (χ4n) is 2.80. The minimum Gasteiger partial charge on any atom is -0.497 e. The van der Waals surface area contributed by atoms with E-state index in [-0.39, 0.29) is 11.8 Å². The topological polar surface area (TPSA) is 51.2 Å². The summed E-state index contributed by atoms with van der Waals surface area (Å²) in [6.45, 7) is 2.52. The van der Waals surface area contributed by atoms with Crippen LogP contribution in [0.4, 0.5) is 0 Å². The average molecular weight is 334 g/mol. The van der Waals surface area contributed by atoms with E-state index < -0.39 is 0 Å². The van der Waals surface area contributed by atoms with Gasteiger partial charge in [-0.05, 0) is 47.5 Å². The Kier molecular flexibility index (Phi) is 5.29. The standard InChI is InChI=1S/C21H22N2O2/c1-15(21(24)23-12-10-19-5-3-4-11-22-19)16-6-7-18-14-20(25-2)9-8-17(18)13-16/h3-9,11,13-15H,10,12H2,1-2H3,(H,23,24). The van der Waals surface area contributed by atoms with Gasteiger partial charge in [0, 0.05) is 24.9 Å². The van der Waals surface area contributed by atoms with Crippen molar-refractivity contribution in [2.75, 3.05) is 13.7 Å². The summed E-state index contributed by atoms with van der Waals surface area (Å²) in [6, 6.07) is 17.9. The number of hydrogen-bond donors (Lipinski definition) is 1. The second-order valence-corrected chi connectivity index (χ2v) is 6.06. The Morgan fingerprint density at radius 1 is 1.12 bits per heavy atom. The Hall–Kier alpha value is -2.88. The van der Waals surface area contributed by atoms with Gasteiger partial charge in [0.05, 0.1) is 13.0 Å². The van der Waals surface area contributed by atoms with Crippen LogP contribution in [-0.2, 0) is 11.2 Å². The molecule has 128 valence electrons. The molecule has 1 N–H and O–H groups in total. The molecule has 0 radical (unpaired) electrons. The van der Waals surface area contributed by atoms with Gasteiger partial charge in [0.25, 0.3) is 0 Å². The van der Waals surface area contributed by atoms with Gasteiger partial charge in [-0.1, -0.05) is 30.3 Å². The largest absolute Gasteiger partial charge is 0.497 e. The number of carbonyl (C=O) groups is 1. The number of rotatable bonds is 6. The summed E-state index contributed by atoms with van der Waals surface area (Å²) in [5, 5.41) is 5.20. The highest BCUT2D eigenvalue weighted by atomic mass is 16.5. The highest BCUT2D eigenvalue weighted by molar-refractivity contribution is 5.88. The number of methoxy groups -OCH3 is 1. The minimum absolute atomic E-state index is 0.0313. The van der Waals surface area contributed by atoms with Crippen LogP contribution in [0.25, 0.3) is 10.8 Å². The zero-order chi connectivity index (χ0) is 17.6. The fourth-order valence-corrected chi connectivity index (χ4v) is 2.80. The molecule has 1 heterocycles. The van der Waals surface area contributed by atoms with Gasteiger partial charge in [-0.15, -0.1) is 0 Å². The Bertz CT molecular complexity index is 862. The van der Waals surface area contributed by atoms with Gasteiger partial charge < -0.3 is 10.1 Å². The zero-order valence-electron chi connectivity index (χ0n) is 14.5. The van der Waals surface area contributed by atoms with E-state index in [1.54, 1.807) is 13.3 Å². The number of carbonyl (C=O) groups excluding carboxylic acids is 1. The van der Waals surface area contributed by atoms with E-state index in [2.05, 4.69) is 16.4 Å². The van der Waals surface area contributed by atoms with Crippen molar-refractivity contribution in [3.8, 4) is 5.75 Å². The van der Waals surface area contributed by atoms with E-state index in [0.717, 1.165) is 34.2 Å². The number of hydrogen-bond acceptors (Lipinski definition) is 3. The average Bonchev–Trinajstić information content (AvgIpc) is 2.67. The van der Waals surface area contributed by atoms with Gasteiger partial charge in [0.15, 0.2) is 0 Å². The van der Waals surface area contributed by atoms with Crippen molar-refractivity contribution >= 4 is 16.7 Å². The van der Waals surface area contributed by atoms with Crippen LogP contribution < -0.4 is 10.1 Å². The fraction of sp³-hybridized carbons (Fsp3) is 0.238. The van der Waals surface area contributed by atoms with E-state index in [0.29, 0.717) is 6.54 Å². The van der Waals surface area contributed by atoms with Crippen molar-refractivity contribution in [3.05, 3.63) is 72.1 Å². The second kappa shape index (κ2) is 7.79. The van der Waals surface area contributed by atoms with Crippen molar-refractivity contribution in [1.82, 2.24) is 10.3 Å². The molecular formula is C21H22N2O2. The molecule has 0 aliphatic carbocycles. The summed E-state index contributed by atoms with van der Waals surface area (Å²) in [7, 11) is 1.66. The molecule has 0 aliphatic rings. The summed E-state index contributed by atoms with van der Waals surface area (Å²) in [5.41, 5.74) is 1.99. The van der Waals surface area contributed by atoms with Crippen molar-refractivity contribution in [2.24, 2.45) is 0 Å². The van der Waals surface area contributed by atoms with E-state index in [1.165, 1.54) is 0 Å². The number of nitrogens with zero attached hydrogens (tertiary/aromatic N) is 1. The molecule has 1 unspecified atom stereocenters. The van der Waals surface area contributed by atoms with E-state index in [9.17, 15) is 4.79 Å². The van der Waals surface area contributed by atoms with Crippen LogP contribution in [0.2, 0.25) is 0 Å². The maximum atomic E-state index is 12.4. The zero-order valence-corrected chi connectivity index (χ0v) is 14.5.